The number of aliphatic imine (C=N–C) groups is 1. The van der Waals surface area contributed by atoms with Crippen LogP contribution in [0.2, 0.25) is 0 Å². The molecule has 2 aliphatic heterocycles. The van der Waals surface area contributed by atoms with Crippen LogP contribution in [0.3, 0.4) is 0 Å². The molecule has 28 heavy (non-hydrogen) atoms. The molecule has 2 heterocycles. The fourth-order valence-electron chi connectivity index (χ4n) is 3.84. The summed E-state index contributed by atoms with van der Waals surface area (Å²) in [4.78, 5) is 11.3. The van der Waals surface area contributed by atoms with Gasteiger partial charge in [-0.15, -0.1) is 11.8 Å². The molecular formula is C22H36N4OS. The maximum absolute atomic E-state index is 5.45. The van der Waals surface area contributed by atoms with Crippen LogP contribution in [0.4, 0.5) is 0 Å². The number of morpholine rings is 1. The van der Waals surface area contributed by atoms with E-state index in [9.17, 15) is 0 Å². The Hall–Kier alpha value is -1.24. The number of likely N-dealkylation sites (tertiary alicyclic amines) is 1. The van der Waals surface area contributed by atoms with Crippen molar-refractivity contribution in [3.05, 3.63) is 30.3 Å². The molecule has 2 saturated heterocycles. The van der Waals surface area contributed by atoms with Gasteiger partial charge in [-0.05, 0) is 37.3 Å². The summed E-state index contributed by atoms with van der Waals surface area (Å²) in [5, 5.41) is 3.51. The van der Waals surface area contributed by atoms with Gasteiger partial charge in [-0.3, -0.25) is 9.89 Å². The van der Waals surface area contributed by atoms with Crippen LogP contribution in [-0.2, 0) is 4.74 Å². The average molecular weight is 405 g/mol. The van der Waals surface area contributed by atoms with E-state index in [0.717, 1.165) is 70.9 Å². The third kappa shape index (κ3) is 6.98. The first-order valence-electron chi connectivity index (χ1n) is 10.8. The van der Waals surface area contributed by atoms with Crippen LogP contribution in [-0.4, -0.2) is 80.5 Å². The van der Waals surface area contributed by atoms with Gasteiger partial charge < -0.3 is 15.0 Å². The second-order valence-corrected chi connectivity index (χ2v) is 9.03. The van der Waals surface area contributed by atoms with Gasteiger partial charge >= 0.3 is 0 Å². The van der Waals surface area contributed by atoms with E-state index in [1.54, 1.807) is 0 Å². The highest BCUT2D eigenvalue weighted by molar-refractivity contribution is 7.99. The van der Waals surface area contributed by atoms with Gasteiger partial charge in [-0.25, -0.2) is 0 Å². The van der Waals surface area contributed by atoms with E-state index in [4.69, 9.17) is 9.73 Å². The molecule has 1 aromatic carbocycles. The number of benzene rings is 1. The number of rotatable bonds is 8. The molecule has 1 aromatic rings. The topological polar surface area (TPSA) is 40.1 Å². The van der Waals surface area contributed by atoms with Crippen molar-refractivity contribution < 1.29 is 4.74 Å². The lowest BCUT2D eigenvalue weighted by molar-refractivity contribution is 0.0323. The normalized spacial score (nSPS) is 22.4. The van der Waals surface area contributed by atoms with Crippen LogP contribution in [0.15, 0.2) is 40.2 Å². The molecule has 0 bridgehead atoms. The van der Waals surface area contributed by atoms with Gasteiger partial charge in [0, 0.05) is 56.5 Å². The predicted molar refractivity (Wildman–Crippen MR) is 119 cm³/mol. The minimum Gasteiger partial charge on any atom is -0.379 e. The minimum absolute atomic E-state index is 0.568. The van der Waals surface area contributed by atoms with Crippen molar-refractivity contribution in [2.45, 2.75) is 25.2 Å². The number of nitrogens with zero attached hydrogens (tertiary/aromatic N) is 3. The smallest absolute Gasteiger partial charge is 0.193 e. The molecule has 0 saturated carbocycles. The SMILES string of the molecule is CCNC(=NCC(C)CN1CCOCC1)N1CCC(CSc2ccccc2)C1. The summed E-state index contributed by atoms with van der Waals surface area (Å²) in [6.07, 6.45) is 1.26. The number of hydrogen-bond acceptors (Lipinski definition) is 4. The monoisotopic (exact) mass is 404 g/mol. The van der Waals surface area contributed by atoms with E-state index >= 15 is 0 Å². The van der Waals surface area contributed by atoms with Crippen molar-refractivity contribution in [1.82, 2.24) is 15.1 Å². The number of ether oxygens (including phenoxy) is 1. The number of thioether (sulfide) groups is 1. The Morgan fingerprint density at radius 2 is 2.04 bits per heavy atom. The van der Waals surface area contributed by atoms with E-state index in [1.165, 1.54) is 17.1 Å². The summed E-state index contributed by atoms with van der Waals surface area (Å²) >= 11 is 1.98. The van der Waals surface area contributed by atoms with E-state index in [1.807, 2.05) is 11.8 Å². The zero-order valence-electron chi connectivity index (χ0n) is 17.5. The molecular weight excluding hydrogens is 368 g/mol. The Kier molecular flexibility index (Phi) is 8.96. The molecule has 0 aliphatic carbocycles. The minimum atomic E-state index is 0.568. The Morgan fingerprint density at radius 1 is 1.25 bits per heavy atom. The van der Waals surface area contributed by atoms with Gasteiger partial charge in [0.05, 0.1) is 13.2 Å². The molecule has 0 spiro atoms. The molecule has 5 nitrogen and oxygen atoms in total. The largest absolute Gasteiger partial charge is 0.379 e. The Morgan fingerprint density at radius 3 is 2.79 bits per heavy atom. The van der Waals surface area contributed by atoms with E-state index in [-0.39, 0.29) is 0 Å². The van der Waals surface area contributed by atoms with Gasteiger partial charge in [-0.2, -0.15) is 0 Å². The molecule has 0 amide bonds. The van der Waals surface area contributed by atoms with Crippen LogP contribution in [0.1, 0.15) is 20.3 Å². The highest BCUT2D eigenvalue weighted by Crippen LogP contribution is 2.25. The van der Waals surface area contributed by atoms with Gasteiger partial charge in [0.25, 0.3) is 0 Å². The zero-order chi connectivity index (χ0) is 19.6. The highest BCUT2D eigenvalue weighted by atomic mass is 32.2. The van der Waals surface area contributed by atoms with Crippen LogP contribution in [0, 0.1) is 11.8 Å². The van der Waals surface area contributed by atoms with Crippen LogP contribution in [0.5, 0.6) is 0 Å². The van der Waals surface area contributed by atoms with Crippen molar-refractivity contribution in [3.8, 4) is 0 Å². The maximum atomic E-state index is 5.45. The quantitative estimate of drug-likeness (QED) is 0.410. The summed E-state index contributed by atoms with van der Waals surface area (Å²) in [7, 11) is 0. The molecule has 2 unspecified atom stereocenters. The lowest BCUT2D eigenvalue weighted by Crippen LogP contribution is -2.41. The number of guanidine groups is 1. The fourth-order valence-corrected chi connectivity index (χ4v) is 4.89. The summed E-state index contributed by atoms with van der Waals surface area (Å²) in [6, 6.07) is 10.7. The standard InChI is InChI=1S/C22H36N4OS/c1-3-23-22(24-15-19(2)16-25-11-13-27-14-12-25)26-10-9-20(17-26)18-28-21-7-5-4-6-8-21/h4-8,19-20H,3,9-18H2,1-2H3,(H,23,24). The molecule has 1 N–H and O–H groups in total. The van der Waals surface area contributed by atoms with Crippen LogP contribution in [0.25, 0.3) is 0 Å². The molecule has 0 aromatic heterocycles. The van der Waals surface area contributed by atoms with E-state index in [0.29, 0.717) is 5.92 Å². The molecule has 3 rings (SSSR count). The first-order valence-corrected chi connectivity index (χ1v) is 11.7. The van der Waals surface area contributed by atoms with Gasteiger partial charge in [0.2, 0.25) is 0 Å². The first-order chi connectivity index (χ1) is 13.7. The molecule has 2 aliphatic rings. The third-order valence-corrected chi connectivity index (χ3v) is 6.62. The second kappa shape index (κ2) is 11.7. The number of nitrogens with one attached hydrogen (secondary N) is 1. The van der Waals surface area contributed by atoms with Gasteiger partial charge in [0.1, 0.15) is 0 Å². The second-order valence-electron chi connectivity index (χ2n) is 7.94. The van der Waals surface area contributed by atoms with E-state index in [2.05, 4.69) is 59.3 Å². The van der Waals surface area contributed by atoms with Crippen LogP contribution >= 0.6 is 11.8 Å². The molecule has 2 fully saturated rings. The van der Waals surface area contributed by atoms with Crippen molar-refractivity contribution >= 4 is 17.7 Å². The average Bonchev–Trinajstić information content (AvgIpc) is 3.20. The lowest BCUT2D eigenvalue weighted by Gasteiger charge is -2.29. The fraction of sp³-hybridized carbons (Fsp3) is 0.682. The summed E-state index contributed by atoms with van der Waals surface area (Å²) < 4.78 is 5.45. The summed E-state index contributed by atoms with van der Waals surface area (Å²) in [5.74, 6) is 3.59. The van der Waals surface area contributed by atoms with Crippen molar-refractivity contribution in [2.75, 3.05) is 64.8 Å². The Labute approximate surface area is 174 Å². The Bertz CT molecular complexity index is 591. The number of hydrogen-bond donors (Lipinski definition) is 1. The maximum Gasteiger partial charge on any atom is 0.193 e. The van der Waals surface area contributed by atoms with Gasteiger partial charge in [-0.1, -0.05) is 25.1 Å². The Balaban J connectivity index is 1.45. The third-order valence-electron chi connectivity index (χ3n) is 5.38. The molecule has 0 radical (unpaired) electrons. The first kappa shape index (κ1) is 21.5. The predicted octanol–water partition coefficient (Wildman–Crippen LogP) is 3.03. The van der Waals surface area contributed by atoms with Gasteiger partial charge in [0.15, 0.2) is 5.96 Å². The van der Waals surface area contributed by atoms with Crippen molar-refractivity contribution in [2.24, 2.45) is 16.8 Å². The zero-order valence-corrected chi connectivity index (χ0v) is 18.3. The summed E-state index contributed by atoms with van der Waals surface area (Å²) in [5.41, 5.74) is 0. The molecule has 156 valence electrons. The summed E-state index contributed by atoms with van der Waals surface area (Å²) in [6.45, 7) is 13.5. The molecule has 2 atom stereocenters. The lowest BCUT2D eigenvalue weighted by atomic mass is 10.1. The van der Waals surface area contributed by atoms with Crippen LogP contribution < -0.4 is 5.32 Å². The van der Waals surface area contributed by atoms with Crippen molar-refractivity contribution in [1.29, 1.82) is 0 Å². The molecule has 6 heteroatoms. The highest BCUT2D eigenvalue weighted by Gasteiger charge is 2.25. The van der Waals surface area contributed by atoms with E-state index < -0.39 is 0 Å². The van der Waals surface area contributed by atoms with Crippen molar-refractivity contribution in [3.63, 3.8) is 0 Å².